The zero-order chi connectivity index (χ0) is 15.6. The molecule has 1 aromatic heterocycles. The fraction of sp³-hybridized carbons (Fsp3) is 0.643. The van der Waals surface area contributed by atoms with Gasteiger partial charge in [-0.25, -0.2) is 14.8 Å². The quantitative estimate of drug-likeness (QED) is 0.746. The lowest BCUT2D eigenvalue weighted by molar-refractivity contribution is 0.0158. The van der Waals surface area contributed by atoms with E-state index in [0.717, 1.165) is 0 Å². The number of anilines is 1. The molecule has 0 unspecified atom stereocenters. The standard InChI is InChI=1S/C14H21ClN4O2/c1-10-9-18(12-16-6-5-11(15)17-12)7-8-19(10)13(20)21-14(2,3)4/h5-6,10H,7-9H2,1-4H3/t10-/m1/s1. The summed E-state index contributed by atoms with van der Waals surface area (Å²) < 4.78 is 5.42. The van der Waals surface area contributed by atoms with Gasteiger partial charge in [0.25, 0.3) is 0 Å². The second-order valence-electron chi connectivity index (χ2n) is 6.15. The zero-order valence-electron chi connectivity index (χ0n) is 12.8. The molecule has 0 N–H and O–H groups in total. The van der Waals surface area contributed by atoms with E-state index in [0.29, 0.717) is 30.7 Å². The fourth-order valence-electron chi connectivity index (χ4n) is 2.21. The van der Waals surface area contributed by atoms with Crippen molar-refractivity contribution in [2.75, 3.05) is 24.5 Å². The van der Waals surface area contributed by atoms with Crippen LogP contribution < -0.4 is 4.90 Å². The molecule has 21 heavy (non-hydrogen) atoms. The van der Waals surface area contributed by atoms with Crippen LogP contribution in [-0.4, -0.2) is 52.2 Å². The molecule has 1 aliphatic heterocycles. The summed E-state index contributed by atoms with van der Waals surface area (Å²) in [5.74, 6) is 0.596. The molecule has 2 heterocycles. The van der Waals surface area contributed by atoms with Crippen molar-refractivity contribution in [1.29, 1.82) is 0 Å². The molecule has 116 valence electrons. The minimum Gasteiger partial charge on any atom is -0.444 e. The highest BCUT2D eigenvalue weighted by Gasteiger charge is 2.31. The van der Waals surface area contributed by atoms with Crippen LogP contribution in [0.25, 0.3) is 0 Å². The van der Waals surface area contributed by atoms with Crippen molar-refractivity contribution in [2.45, 2.75) is 39.3 Å². The largest absolute Gasteiger partial charge is 0.444 e. The number of aromatic nitrogens is 2. The summed E-state index contributed by atoms with van der Waals surface area (Å²) in [6, 6.07) is 1.67. The minimum atomic E-state index is -0.482. The monoisotopic (exact) mass is 312 g/mol. The van der Waals surface area contributed by atoms with Crippen LogP contribution in [-0.2, 0) is 4.74 Å². The summed E-state index contributed by atoms with van der Waals surface area (Å²) in [5, 5.41) is 0.419. The summed E-state index contributed by atoms with van der Waals surface area (Å²) >= 11 is 5.89. The first-order valence-electron chi connectivity index (χ1n) is 6.99. The van der Waals surface area contributed by atoms with Crippen molar-refractivity contribution in [1.82, 2.24) is 14.9 Å². The Labute approximate surface area is 130 Å². The molecule has 0 aromatic carbocycles. The van der Waals surface area contributed by atoms with Gasteiger partial charge in [-0.15, -0.1) is 0 Å². The van der Waals surface area contributed by atoms with E-state index < -0.39 is 5.60 Å². The first-order chi connectivity index (χ1) is 9.76. The maximum absolute atomic E-state index is 12.2. The Kier molecular flexibility index (Phi) is 4.56. The Morgan fingerprint density at radius 1 is 1.43 bits per heavy atom. The van der Waals surface area contributed by atoms with Gasteiger partial charge in [0.2, 0.25) is 5.95 Å². The summed E-state index contributed by atoms with van der Waals surface area (Å²) in [4.78, 5) is 24.4. The van der Waals surface area contributed by atoms with Crippen molar-refractivity contribution in [3.8, 4) is 0 Å². The summed E-state index contributed by atoms with van der Waals surface area (Å²) in [6.07, 6.45) is 1.36. The molecule has 1 atom stereocenters. The first kappa shape index (κ1) is 15.8. The van der Waals surface area contributed by atoms with E-state index >= 15 is 0 Å². The van der Waals surface area contributed by atoms with Gasteiger partial charge in [-0.2, -0.15) is 0 Å². The second kappa shape index (κ2) is 6.05. The van der Waals surface area contributed by atoms with Crippen LogP contribution in [0.4, 0.5) is 10.7 Å². The van der Waals surface area contributed by atoms with Crippen molar-refractivity contribution in [2.24, 2.45) is 0 Å². The van der Waals surface area contributed by atoms with Crippen molar-refractivity contribution in [3.63, 3.8) is 0 Å². The maximum atomic E-state index is 12.2. The fourth-order valence-corrected chi connectivity index (χ4v) is 2.34. The predicted octanol–water partition coefficient (Wildman–Crippen LogP) is 2.58. The second-order valence-corrected chi connectivity index (χ2v) is 6.54. The van der Waals surface area contributed by atoms with Crippen LogP contribution >= 0.6 is 11.6 Å². The smallest absolute Gasteiger partial charge is 0.410 e. The third kappa shape index (κ3) is 4.20. The molecule has 2 rings (SSSR count). The summed E-state index contributed by atoms with van der Waals surface area (Å²) in [6.45, 7) is 9.47. The van der Waals surface area contributed by atoms with E-state index in [1.165, 1.54) is 0 Å². The maximum Gasteiger partial charge on any atom is 0.410 e. The molecule has 1 fully saturated rings. The van der Waals surface area contributed by atoms with Gasteiger partial charge in [0, 0.05) is 31.9 Å². The molecule has 0 radical (unpaired) electrons. The molecule has 6 nitrogen and oxygen atoms in total. The zero-order valence-corrected chi connectivity index (χ0v) is 13.6. The normalized spacial score (nSPS) is 19.6. The lowest BCUT2D eigenvalue weighted by Gasteiger charge is -2.40. The Morgan fingerprint density at radius 2 is 2.14 bits per heavy atom. The highest BCUT2D eigenvalue weighted by atomic mass is 35.5. The lowest BCUT2D eigenvalue weighted by Crippen LogP contribution is -2.55. The number of piperazine rings is 1. The van der Waals surface area contributed by atoms with Crippen LogP contribution in [0, 0.1) is 0 Å². The van der Waals surface area contributed by atoms with E-state index in [9.17, 15) is 4.79 Å². The topological polar surface area (TPSA) is 58.6 Å². The first-order valence-corrected chi connectivity index (χ1v) is 7.37. The number of halogens is 1. The third-order valence-electron chi connectivity index (χ3n) is 3.15. The van der Waals surface area contributed by atoms with Gasteiger partial charge in [-0.3, -0.25) is 0 Å². The van der Waals surface area contributed by atoms with Gasteiger partial charge in [0.15, 0.2) is 0 Å². The Bertz CT molecular complexity index is 518. The number of hydrogen-bond donors (Lipinski definition) is 0. The molecule has 1 saturated heterocycles. The van der Waals surface area contributed by atoms with Crippen LogP contribution in [0.5, 0.6) is 0 Å². The average Bonchev–Trinajstić information content (AvgIpc) is 2.36. The average molecular weight is 313 g/mol. The lowest BCUT2D eigenvalue weighted by atomic mass is 10.2. The number of carbonyl (C=O) groups excluding carboxylic acids is 1. The van der Waals surface area contributed by atoms with Gasteiger partial charge in [0.05, 0.1) is 0 Å². The number of nitrogens with zero attached hydrogens (tertiary/aromatic N) is 4. The molecule has 0 saturated carbocycles. The Hall–Kier alpha value is -1.56. The minimum absolute atomic E-state index is 0.0242. The molecule has 1 aliphatic rings. The van der Waals surface area contributed by atoms with E-state index in [4.69, 9.17) is 16.3 Å². The van der Waals surface area contributed by atoms with Gasteiger partial charge in [0.1, 0.15) is 10.8 Å². The van der Waals surface area contributed by atoms with E-state index in [2.05, 4.69) is 9.97 Å². The van der Waals surface area contributed by atoms with E-state index in [1.807, 2.05) is 32.6 Å². The summed E-state index contributed by atoms with van der Waals surface area (Å²) in [5.41, 5.74) is -0.482. The van der Waals surface area contributed by atoms with Gasteiger partial charge in [-0.1, -0.05) is 11.6 Å². The molecular weight excluding hydrogens is 292 g/mol. The Morgan fingerprint density at radius 3 is 2.71 bits per heavy atom. The number of rotatable bonds is 1. The van der Waals surface area contributed by atoms with E-state index in [-0.39, 0.29) is 12.1 Å². The molecular formula is C14H21ClN4O2. The van der Waals surface area contributed by atoms with Crippen LogP contribution in [0.2, 0.25) is 5.15 Å². The number of carbonyl (C=O) groups is 1. The van der Waals surface area contributed by atoms with Crippen molar-refractivity contribution < 1.29 is 9.53 Å². The molecule has 0 aliphatic carbocycles. The Balaban J connectivity index is 2.01. The van der Waals surface area contributed by atoms with Gasteiger partial charge >= 0.3 is 6.09 Å². The van der Waals surface area contributed by atoms with Crippen LogP contribution in [0.1, 0.15) is 27.7 Å². The summed E-state index contributed by atoms with van der Waals surface area (Å²) in [7, 11) is 0. The molecule has 1 aromatic rings. The van der Waals surface area contributed by atoms with Gasteiger partial charge in [-0.05, 0) is 33.8 Å². The third-order valence-corrected chi connectivity index (χ3v) is 3.36. The number of hydrogen-bond acceptors (Lipinski definition) is 5. The number of amides is 1. The highest BCUT2D eigenvalue weighted by molar-refractivity contribution is 6.29. The van der Waals surface area contributed by atoms with Crippen LogP contribution in [0.3, 0.4) is 0 Å². The van der Waals surface area contributed by atoms with Gasteiger partial charge < -0.3 is 14.5 Å². The van der Waals surface area contributed by atoms with Crippen molar-refractivity contribution >= 4 is 23.6 Å². The molecule has 1 amide bonds. The van der Waals surface area contributed by atoms with E-state index in [1.54, 1.807) is 17.2 Å². The molecule has 0 bridgehead atoms. The SMILES string of the molecule is C[C@@H]1CN(c2nccc(Cl)n2)CCN1C(=O)OC(C)(C)C. The van der Waals surface area contributed by atoms with Crippen LogP contribution in [0.15, 0.2) is 12.3 Å². The predicted molar refractivity (Wildman–Crippen MR) is 81.7 cm³/mol. The number of ether oxygens (including phenoxy) is 1. The van der Waals surface area contributed by atoms with Crippen molar-refractivity contribution in [3.05, 3.63) is 17.4 Å². The molecule has 0 spiro atoms. The highest BCUT2D eigenvalue weighted by Crippen LogP contribution is 2.19. The molecule has 7 heteroatoms.